The third-order valence-corrected chi connectivity index (χ3v) is 6.87. The van der Waals surface area contributed by atoms with Gasteiger partial charge in [0.1, 0.15) is 17.6 Å². The Kier molecular flexibility index (Phi) is 5.13. The lowest BCUT2D eigenvalue weighted by atomic mass is 10.0. The molecule has 0 amide bonds. The second-order valence-corrected chi connectivity index (χ2v) is 9.09. The normalized spacial score (nSPS) is 11.2. The Morgan fingerprint density at radius 2 is 1.55 bits per heavy atom. The van der Waals surface area contributed by atoms with Crippen molar-refractivity contribution in [2.75, 3.05) is 0 Å². The average Bonchev–Trinajstić information content (AvgIpc) is 3.24. The fourth-order valence-corrected chi connectivity index (χ4v) is 4.96. The lowest BCUT2D eigenvalue weighted by molar-refractivity contribution is 0.484. The van der Waals surface area contributed by atoms with Gasteiger partial charge in [-0.25, -0.2) is 17.4 Å². The van der Waals surface area contributed by atoms with Crippen molar-refractivity contribution in [1.82, 2.24) is 8.96 Å². The number of pyridine rings is 1. The number of hydrogen-bond acceptors (Lipinski definition) is 5. The van der Waals surface area contributed by atoms with E-state index in [-0.39, 0.29) is 16.1 Å². The number of para-hydroxylation sites is 2. The molecule has 2 heterocycles. The van der Waals surface area contributed by atoms with Gasteiger partial charge in [0.25, 0.3) is 10.0 Å². The smallest absolute Gasteiger partial charge is 0.269 e. The highest BCUT2D eigenvalue weighted by Gasteiger charge is 2.23. The molecule has 0 bridgehead atoms. The van der Waals surface area contributed by atoms with Crippen molar-refractivity contribution in [2.24, 2.45) is 0 Å². The maximum Gasteiger partial charge on any atom is 0.269 e. The summed E-state index contributed by atoms with van der Waals surface area (Å²) in [6.07, 6.45) is 2.91. The Morgan fingerprint density at radius 3 is 2.27 bits per heavy atom. The molecular weight excluding hydrogens is 434 g/mol. The summed E-state index contributed by atoms with van der Waals surface area (Å²) >= 11 is 0. The van der Waals surface area contributed by atoms with Crippen LogP contribution in [0.5, 0.6) is 11.5 Å². The van der Waals surface area contributed by atoms with Crippen molar-refractivity contribution in [3.8, 4) is 28.7 Å². The van der Waals surface area contributed by atoms with E-state index < -0.39 is 10.0 Å². The highest BCUT2D eigenvalue weighted by Crippen LogP contribution is 2.35. The summed E-state index contributed by atoms with van der Waals surface area (Å²) in [6, 6.07) is 28.8. The van der Waals surface area contributed by atoms with Crippen LogP contribution in [0.3, 0.4) is 0 Å². The number of ether oxygens (including phenoxy) is 1. The molecule has 5 rings (SSSR count). The predicted octanol–water partition coefficient (Wildman–Crippen LogP) is 5.60. The molecule has 0 atom stereocenters. The molecule has 160 valence electrons. The first-order valence-electron chi connectivity index (χ1n) is 10.1. The van der Waals surface area contributed by atoms with Gasteiger partial charge in [0.15, 0.2) is 5.65 Å². The Bertz CT molecular complexity index is 1600. The number of fused-ring (bicyclic) bond motifs is 1. The van der Waals surface area contributed by atoms with Crippen molar-refractivity contribution in [3.05, 3.63) is 109 Å². The van der Waals surface area contributed by atoms with Gasteiger partial charge in [-0.1, -0.05) is 54.6 Å². The Balaban J connectivity index is 1.64. The van der Waals surface area contributed by atoms with Crippen LogP contribution in [-0.4, -0.2) is 17.4 Å². The molecule has 0 saturated heterocycles. The third kappa shape index (κ3) is 3.73. The van der Waals surface area contributed by atoms with E-state index in [0.29, 0.717) is 22.4 Å². The molecule has 7 heteroatoms. The molecule has 0 N–H and O–H groups in total. The van der Waals surface area contributed by atoms with Gasteiger partial charge in [0.05, 0.1) is 10.5 Å². The number of benzene rings is 3. The summed E-state index contributed by atoms with van der Waals surface area (Å²) in [4.78, 5) is 4.57. The SMILES string of the molecule is N#Cc1cn(S(=O)(=O)c2ccccc2)c2ncc(-c3ccccc3Oc3ccccc3)cc12. The van der Waals surface area contributed by atoms with Crippen molar-refractivity contribution < 1.29 is 13.2 Å². The van der Waals surface area contributed by atoms with Crippen LogP contribution >= 0.6 is 0 Å². The van der Waals surface area contributed by atoms with Gasteiger partial charge in [0.2, 0.25) is 0 Å². The Labute approximate surface area is 191 Å². The topological polar surface area (TPSA) is 85.0 Å². The first-order chi connectivity index (χ1) is 16.1. The summed E-state index contributed by atoms with van der Waals surface area (Å²) in [5, 5.41) is 10.1. The molecule has 0 aliphatic rings. The van der Waals surface area contributed by atoms with Crippen LogP contribution in [-0.2, 0) is 10.0 Å². The van der Waals surface area contributed by atoms with E-state index >= 15 is 0 Å². The van der Waals surface area contributed by atoms with Crippen molar-refractivity contribution in [2.45, 2.75) is 4.90 Å². The van der Waals surface area contributed by atoms with Gasteiger partial charge >= 0.3 is 0 Å². The van der Waals surface area contributed by atoms with Crippen LogP contribution in [0.4, 0.5) is 0 Å². The minimum absolute atomic E-state index is 0.124. The quantitative estimate of drug-likeness (QED) is 0.347. The molecule has 0 saturated carbocycles. The van der Waals surface area contributed by atoms with E-state index in [0.717, 1.165) is 9.54 Å². The zero-order valence-corrected chi connectivity index (χ0v) is 18.1. The molecule has 3 aromatic carbocycles. The lowest BCUT2D eigenvalue weighted by Gasteiger charge is -2.12. The summed E-state index contributed by atoms with van der Waals surface area (Å²) < 4.78 is 33.5. The molecule has 0 radical (unpaired) electrons. The molecule has 0 aliphatic carbocycles. The molecule has 33 heavy (non-hydrogen) atoms. The molecule has 2 aromatic heterocycles. The monoisotopic (exact) mass is 451 g/mol. The van der Waals surface area contributed by atoms with E-state index in [1.165, 1.54) is 18.3 Å². The van der Waals surface area contributed by atoms with Gasteiger partial charge in [-0.2, -0.15) is 5.26 Å². The zero-order valence-electron chi connectivity index (χ0n) is 17.3. The number of nitriles is 1. The van der Waals surface area contributed by atoms with Gasteiger partial charge in [-0.05, 0) is 36.4 Å². The molecule has 5 aromatic rings. The van der Waals surface area contributed by atoms with Crippen LogP contribution in [0.15, 0.2) is 108 Å². The number of nitrogens with zero attached hydrogens (tertiary/aromatic N) is 3. The van der Waals surface area contributed by atoms with E-state index in [9.17, 15) is 13.7 Å². The van der Waals surface area contributed by atoms with Crippen LogP contribution in [0.1, 0.15) is 5.56 Å². The molecule has 0 spiro atoms. The molecule has 0 fully saturated rings. The predicted molar refractivity (Wildman–Crippen MR) is 125 cm³/mol. The second-order valence-electron chi connectivity index (χ2n) is 7.27. The van der Waals surface area contributed by atoms with Crippen LogP contribution in [0.25, 0.3) is 22.2 Å². The summed E-state index contributed by atoms with van der Waals surface area (Å²) in [5.41, 5.74) is 1.90. The second kappa shape index (κ2) is 8.26. The van der Waals surface area contributed by atoms with Crippen molar-refractivity contribution >= 4 is 21.1 Å². The standard InChI is InChI=1S/C26H17N3O3S/c27-16-20-18-29(33(30,31)22-11-5-2-6-12-22)26-24(20)15-19(17-28-26)23-13-7-8-14-25(23)32-21-9-3-1-4-10-21/h1-15,17-18H. The van der Waals surface area contributed by atoms with Crippen LogP contribution in [0, 0.1) is 11.3 Å². The number of rotatable bonds is 5. The third-order valence-electron chi connectivity index (χ3n) is 5.20. The Morgan fingerprint density at radius 1 is 0.879 bits per heavy atom. The van der Waals surface area contributed by atoms with E-state index in [1.807, 2.05) is 54.6 Å². The first-order valence-corrected chi connectivity index (χ1v) is 11.6. The summed E-state index contributed by atoms with van der Waals surface area (Å²) in [6.45, 7) is 0. The molecule has 6 nitrogen and oxygen atoms in total. The maximum absolute atomic E-state index is 13.2. The van der Waals surface area contributed by atoms with Gasteiger partial charge in [-0.15, -0.1) is 0 Å². The minimum atomic E-state index is -3.90. The van der Waals surface area contributed by atoms with Gasteiger partial charge < -0.3 is 4.74 Å². The molecule has 0 unspecified atom stereocenters. The van der Waals surface area contributed by atoms with E-state index in [1.54, 1.807) is 30.5 Å². The summed E-state index contributed by atoms with van der Waals surface area (Å²) in [7, 11) is -3.90. The fourth-order valence-electron chi connectivity index (χ4n) is 3.61. The van der Waals surface area contributed by atoms with Crippen LogP contribution < -0.4 is 4.74 Å². The highest BCUT2D eigenvalue weighted by molar-refractivity contribution is 7.90. The molecule has 0 aliphatic heterocycles. The number of hydrogen-bond donors (Lipinski definition) is 0. The molecular formula is C26H17N3O3S. The van der Waals surface area contributed by atoms with Crippen molar-refractivity contribution in [3.63, 3.8) is 0 Å². The van der Waals surface area contributed by atoms with Gasteiger partial charge in [-0.3, -0.25) is 0 Å². The lowest BCUT2D eigenvalue weighted by Crippen LogP contribution is -2.12. The largest absolute Gasteiger partial charge is 0.457 e. The number of aromatic nitrogens is 2. The fraction of sp³-hybridized carbons (Fsp3) is 0. The average molecular weight is 452 g/mol. The Hall–Kier alpha value is -4.41. The van der Waals surface area contributed by atoms with E-state index in [4.69, 9.17) is 4.74 Å². The maximum atomic E-state index is 13.2. The minimum Gasteiger partial charge on any atom is -0.457 e. The highest BCUT2D eigenvalue weighted by atomic mass is 32.2. The zero-order chi connectivity index (χ0) is 22.8. The van der Waals surface area contributed by atoms with Gasteiger partial charge in [0, 0.05) is 28.9 Å². The van der Waals surface area contributed by atoms with Crippen LogP contribution in [0.2, 0.25) is 0 Å². The first kappa shape index (κ1) is 20.5. The van der Waals surface area contributed by atoms with Crippen molar-refractivity contribution in [1.29, 1.82) is 5.26 Å². The van der Waals surface area contributed by atoms with E-state index in [2.05, 4.69) is 11.1 Å². The summed E-state index contributed by atoms with van der Waals surface area (Å²) in [5.74, 6) is 1.32.